The number of hydrogen-bond acceptors (Lipinski definition) is 5. The highest BCUT2D eigenvalue weighted by molar-refractivity contribution is 9.10. The number of fused-ring (bicyclic) bond motifs is 1. The van der Waals surface area contributed by atoms with Crippen LogP contribution in [0.25, 0.3) is 10.9 Å². The Labute approximate surface area is 164 Å². The smallest absolute Gasteiger partial charge is 0.271 e. The van der Waals surface area contributed by atoms with E-state index >= 15 is 0 Å². The number of H-pyrrole nitrogens is 1. The molecule has 1 heterocycles. The van der Waals surface area contributed by atoms with Crippen LogP contribution in [-0.2, 0) is 0 Å². The number of aromatic nitrogens is 1. The van der Waals surface area contributed by atoms with Crippen molar-refractivity contribution in [3.8, 4) is 17.2 Å². The molecular weight excluding hydrogens is 414 g/mol. The van der Waals surface area contributed by atoms with Gasteiger partial charge in [-0.2, -0.15) is 5.10 Å². The third-order valence-corrected chi connectivity index (χ3v) is 4.47. The van der Waals surface area contributed by atoms with Gasteiger partial charge in [-0.05, 0) is 30.3 Å². The van der Waals surface area contributed by atoms with Gasteiger partial charge in [0.05, 0.1) is 27.5 Å². The summed E-state index contributed by atoms with van der Waals surface area (Å²) in [4.78, 5) is 15.6. The molecule has 0 radical (unpaired) electrons. The topological polar surface area (TPSA) is 84.9 Å². The van der Waals surface area contributed by atoms with Crippen molar-refractivity contribution in [3.63, 3.8) is 0 Å². The van der Waals surface area contributed by atoms with Crippen molar-refractivity contribution in [1.29, 1.82) is 0 Å². The summed E-state index contributed by atoms with van der Waals surface area (Å²) in [6, 6.07) is 9.02. The van der Waals surface area contributed by atoms with Gasteiger partial charge in [-0.1, -0.05) is 15.9 Å². The maximum atomic E-state index is 12.4. The van der Waals surface area contributed by atoms with E-state index in [4.69, 9.17) is 14.2 Å². The first-order chi connectivity index (χ1) is 13.1. The first kappa shape index (κ1) is 18.8. The van der Waals surface area contributed by atoms with Gasteiger partial charge in [0, 0.05) is 32.7 Å². The molecule has 0 fully saturated rings. The molecule has 0 aliphatic heterocycles. The summed E-state index contributed by atoms with van der Waals surface area (Å²) < 4.78 is 16.7. The number of ether oxygens (including phenoxy) is 3. The Morgan fingerprint density at radius 1 is 1.11 bits per heavy atom. The van der Waals surface area contributed by atoms with Crippen LogP contribution in [-0.4, -0.2) is 38.4 Å². The lowest BCUT2D eigenvalue weighted by Gasteiger charge is -2.13. The molecule has 2 N–H and O–H groups in total. The molecule has 0 saturated heterocycles. The highest BCUT2D eigenvalue weighted by Crippen LogP contribution is 2.38. The molecule has 1 aromatic heterocycles. The number of halogens is 1. The molecule has 0 unspecified atom stereocenters. The Balaban J connectivity index is 1.81. The van der Waals surface area contributed by atoms with E-state index in [0.29, 0.717) is 22.8 Å². The second-order valence-electron chi connectivity index (χ2n) is 5.55. The predicted octanol–water partition coefficient (Wildman–Crippen LogP) is 3.72. The van der Waals surface area contributed by atoms with Crippen LogP contribution < -0.4 is 19.6 Å². The second-order valence-corrected chi connectivity index (χ2v) is 6.46. The van der Waals surface area contributed by atoms with E-state index in [0.717, 1.165) is 20.9 Å². The van der Waals surface area contributed by atoms with E-state index in [2.05, 4.69) is 31.4 Å². The number of nitrogens with zero attached hydrogens (tertiary/aromatic N) is 1. The summed E-state index contributed by atoms with van der Waals surface area (Å²) in [5.41, 5.74) is 4.69. The SMILES string of the molecule is COc1cc(C(=O)NN=Cc2c[nH]c3ccc(Br)cc23)cc(OC)c1OC. The second kappa shape index (κ2) is 8.13. The molecule has 0 atom stereocenters. The molecule has 3 aromatic rings. The third-order valence-electron chi connectivity index (χ3n) is 3.97. The van der Waals surface area contributed by atoms with Crippen LogP contribution in [0.5, 0.6) is 17.2 Å². The monoisotopic (exact) mass is 431 g/mol. The molecule has 140 valence electrons. The molecule has 1 amide bonds. The minimum atomic E-state index is -0.397. The number of methoxy groups -OCH3 is 3. The van der Waals surface area contributed by atoms with Crippen molar-refractivity contribution in [2.24, 2.45) is 5.10 Å². The normalized spacial score (nSPS) is 11.0. The number of benzene rings is 2. The molecule has 0 aliphatic rings. The third kappa shape index (κ3) is 3.90. The average molecular weight is 432 g/mol. The number of amides is 1. The summed E-state index contributed by atoms with van der Waals surface area (Å²) in [5, 5.41) is 5.05. The maximum Gasteiger partial charge on any atom is 0.271 e. The fraction of sp³-hybridized carbons (Fsp3) is 0.158. The zero-order valence-corrected chi connectivity index (χ0v) is 16.6. The number of carbonyl (C=O) groups excluding carboxylic acids is 1. The molecule has 0 bridgehead atoms. The number of nitrogens with one attached hydrogen (secondary N) is 2. The van der Waals surface area contributed by atoms with Crippen LogP contribution >= 0.6 is 15.9 Å². The van der Waals surface area contributed by atoms with Gasteiger partial charge in [0.1, 0.15) is 0 Å². The lowest BCUT2D eigenvalue weighted by molar-refractivity contribution is 0.0954. The zero-order chi connectivity index (χ0) is 19.4. The van der Waals surface area contributed by atoms with Crippen molar-refractivity contribution in [2.75, 3.05) is 21.3 Å². The van der Waals surface area contributed by atoms with Crippen molar-refractivity contribution in [1.82, 2.24) is 10.4 Å². The van der Waals surface area contributed by atoms with Gasteiger partial charge in [-0.3, -0.25) is 4.79 Å². The van der Waals surface area contributed by atoms with E-state index in [-0.39, 0.29) is 0 Å². The van der Waals surface area contributed by atoms with E-state index in [1.54, 1.807) is 18.3 Å². The molecular formula is C19H18BrN3O4. The Hall–Kier alpha value is -3.00. The Kier molecular flexibility index (Phi) is 5.66. The Bertz CT molecular complexity index is 988. The van der Waals surface area contributed by atoms with E-state index in [1.165, 1.54) is 21.3 Å². The molecule has 0 saturated carbocycles. The Morgan fingerprint density at radius 3 is 2.44 bits per heavy atom. The van der Waals surface area contributed by atoms with Crippen molar-refractivity contribution < 1.29 is 19.0 Å². The van der Waals surface area contributed by atoms with Gasteiger partial charge in [0.15, 0.2) is 11.5 Å². The summed E-state index contributed by atoms with van der Waals surface area (Å²) in [6.45, 7) is 0. The summed E-state index contributed by atoms with van der Waals surface area (Å²) in [7, 11) is 4.49. The largest absolute Gasteiger partial charge is 0.493 e. The number of aromatic amines is 1. The number of rotatable bonds is 6. The Morgan fingerprint density at radius 2 is 1.81 bits per heavy atom. The van der Waals surface area contributed by atoms with Crippen LogP contribution in [0.1, 0.15) is 15.9 Å². The standard InChI is InChI=1S/C19H18BrN3O4/c1-25-16-6-11(7-17(26-2)18(16)27-3)19(24)23-22-10-12-9-21-15-5-4-13(20)8-14(12)15/h4-10,21H,1-3H3,(H,23,24). The molecule has 27 heavy (non-hydrogen) atoms. The van der Waals surface area contributed by atoms with E-state index < -0.39 is 5.91 Å². The van der Waals surface area contributed by atoms with Gasteiger partial charge in [-0.25, -0.2) is 5.43 Å². The van der Waals surface area contributed by atoms with Crippen LogP contribution in [0.15, 0.2) is 46.1 Å². The van der Waals surface area contributed by atoms with Gasteiger partial charge in [0.2, 0.25) is 5.75 Å². The first-order valence-electron chi connectivity index (χ1n) is 7.97. The van der Waals surface area contributed by atoms with Gasteiger partial charge < -0.3 is 19.2 Å². The minimum absolute atomic E-state index is 0.336. The fourth-order valence-corrected chi connectivity index (χ4v) is 3.02. The van der Waals surface area contributed by atoms with Crippen LogP contribution in [0.4, 0.5) is 0 Å². The maximum absolute atomic E-state index is 12.4. The van der Waals surface area contributed by atoms with Crippen molar-refractivity contribution in [3.05, 3.63) is 52.1 Å². The zero-order valence-electron chi connectivity index (χ0n) is 15.0. The quantitative estimate of drug-likeness (QED) is 0.460. The highest BCUT2D eigenvalue weighted by Gasteiger charge is 2.16. The molecule has 2 aromatic carbocycles. The van der Waals surface area contributed by atoms with E-state index in [9.17, 15) is 4.79 Å². The minimum Gasteiger partial charge on any atom is -0.493 e. The number of hydrazone groups is 1. The first-order valence-corrected chi connectivity index (χ1v) is 8.76. The van der Waals surface area contributed by atoms with Crippen molar-refractivity contribution in [2.45, 2.75) is 0 Å². The highest BCUT2D eigenvalue weighted by atomic mass is 79.9. The van der Waals surface area contributed by atoms with Crippen LogP contribution in [0.2, 0.25) is 0 Å². The molecule has 0 aliphatic carbocycles. The molecule has 7 nitrogen and oxygen atoms in total. The van der Waals surface area contributed by atoms with Crippen molar-refractivity contribution >= 4 is 39.0 Å². The lowest BCUT2D eigenvalue weighted by atomic mass is 10.1. The molecule has 8 heteroatoms. The van der Waals surface area contributed by atoms with Crippen LogP contribution in [0, 0.1) is 0 Å². The van der Waals surface area contributed by atoms with Gasteiger partial charge in [-0.15, -0.1) is 0 Å². The lowest BCUT2D eigenvalue weighted by Crippen LogP contribution is -2.18. The molecule has 3 rings (SSSR count). The number of hydrogen-bond donors (Lipinski definition) is 2. The number of carbonyl (C=O) groups is 1. The van der Waals surface area contributed by atoms with E-state index in [1.807, 2.05) is 24.4 Å². The summed E-state index contributed by atoms with van der Waals surface area (Å²) in [6.07, 6.45) is 3.41. The summed E-state index contributed by atoms with van der Waals surface area (Å²) in [5.74, 6) is 0.816. The van der Waals surface area contributed by atoms with Gasteiger partial charge >= 0.3 is 0 Å². The van der Waals surface area contributed by atoms with Gasteiger partial charge in [0.25, 0.3) is 5.91 Å². The summed E-state index contributed by atoms with van der Waals surface area (Å²) >= 11 is 3.45. The molecule has 0 spiro atoms. The average Bonchev–Trinajstić information content (AvgIpc) is 3.08. The predicted molar refractivity (Wildman–Crippen MR) is 107 cm³/mol. The van der Waals surface area contributed by atoms with Crippen LogP contribution in [0.3, 0.4) is 0 Å². The fourth-order valence-electron chi connectivity index (χ4n) is 2.66.